The molecule has 0 unspecified atom stereocenters. The molecule has 2 aromatic heterocycles. The molecule has 0 aromatic carbocycles. The van der Waals surface area contributed by atoms with E-state index in [0.29, 0.717) is 17.3 Å². The first-order valence-electron chi connectivity index (χ1n) is 4.27. The van der Waals surface area contributed by atoms with Gasteiger partial charge in [-0.1, -0.05) is 5.16 Å². The highest BCUT2D eigenvalue weighted by atomic mass is 16.5. The van der Waals surface area contributed by atoms with Crippen LogP contribution in [0.4, 0.5) is 0 Å². The number of hydrogen-bond donors (Lipinski definition) is 1. The molecule has 6 nitrogen and oxygen atoms in total. The van der Waals surface area contributed by atoms with Gasteiger partial charge < -0.3 is 14.4 Å². The lowest BCUT2D eigenvalue weighted by Crippen LogP contribution is -1.88. The van der Waals surface area contributed by atoms with Gasteiger partial charge in [-0.2, -0.15) is 4.98 Å². The molecule has 2 heterocycles. The van der Waals surface area contributed by atoms with Crippen LogP contribution in [0.3, 0.4) is 0 Å². The quantitative estimate of drug-likeness (QED) is 0.795. The Morgan fingerprint density at radius 2 is 2.33 bits per heavy atom. The maximum atomic E-state index is 8.75. The van der Waals surface area contributed by atoms with Gasteiger partial charge in [0.05, 0.1) is 7.11 Å². The Hall–Kier alpha value is -1.95. The number of hydrogen-bond acceptors (Lipinski definition) is 6. The van der Waals surface area contributed by atoms with Gasteiger partial charge in [0.1, 0.15) is 6.61 Å². The number of methoxy groups -OCH3 is 1. The van der Waals surface area contributed by atoms with Gasteiger partial charge in [0, 0.05) is 17.8 Å². The van der Waals surface area contributed by atoms with Crippen LogP contribution < -0.4 is 4.74 Å². The fourth-order valence-electron chi connectivity index (χ4n) is 1.07. The van der Waals surface area contributed by atoms with Crippen molar-refractivity contribution >= 4 is 0 Å². The molecular formula is C9H9N3O3. The van der Waals surface area contributed by atoms with Gasteiger partial charge in [-0.05, 0) is 6.07 Å². The molecule has 0 aliphatic heterocycles. The van der Waals surface area contributed by atoms with E-state index in [4.69, 9.17) is 14.4 Å². The maximum absolute atomic E-state index is 8.75. The lowest BCUT2D eigenvalue weighted by molar-refractivity contribution is 0.222. The number of ether oxygens (including phenoxy) is 1. The predicted octanol–water partition coefficient (Wildman–Crippen LogP) is 0.633. The van der Waals surface area contributed by atoms with Crippen LogP contribution in [0.1, 0.15) is 5.89 Å². The second kappa shape index (κ2) is 4.05. The van der Waals surface area contributed by atoms with Crippen molar-refractivity contribution in [2.45, 2.75) is 6.61 Å². The summed E-state index contributed by atoms with van der Waals surface area (Å²) in [5.41, 5.74) is 0.708. The molecule has 0 spiro atoms. The van der Waals surface area contributed by atoms with Gasteiger partial charge in [0.25, 0.3) is 5.89 Å². The molecule has 0 radical (unpaired) electrons. The summed E-state index contributed by atoms with van der Waals surface area (Å²) in [6.07, 6.45) is 1.57. The Balaban J connectivity index is 2.28. The van der Waals surface area contributed by atoms with Gasteiger partial charge in [0.2, 0.25) is 11.7 Å². The monoisotopic (exact) mass is 207 g/mol. The summed E-state index contributed by atoms with van der Waals surface area (Å²) in [6, 6.07) is 3.46. The number of nitrogens with zero attached hydrogens (tertiary/aromatic N) is 3. The molecule has 0 saturated heterocycles. The molecule has 0 aliphatic carbocycles. The second-order valence-electron chi connectivity index (χ2n) is 2.76. The first kappa shape index (κ1) is 9.60. The summed E-state index contributed by atoms with van der Waals surface area (Å²) in [6.45, 7) is -0.267. The number of rotatable bonds is 3. The molecule has 1 N–H and O–H groups in total. The van der Waals surface area contributed by atoms with Crippen molar-refractivity contribution in [1.29, 1.82) is 0 Å². The van der Waals surface area contributed by atoms with Crippen LogP contribution in [0.25, 0.3) is 11.4 Å². The molecule has 0 fully saturated rings. The van der Waals surface area contributed by atoms with E-state index in [-0.39, 0.29) is 12.5 Å². The van der Waals surface area contributed by atoms with Crippen molar-refractivity contribution in [3.8, 4) is 17.3 Å². The SMILES string of the molecule is COc1ccc(-c2noc(CO)n2)cn1. The number of aromatic nitrogens is 3. The molecule has 2 aromatic rings. The van der Waals surface area contributed by atoms with E-state index in [1.165, 1.54) is 0 Å². The second-order valence-corrected chi connectivity index (χ2v) is 2.76. The molecule has 0 bridgehead atoms. The third-order valence-electron chi connectivity index (χ3n) is 1.81. The number of aliphatic hydroxyl groups is 1. The van der Waals surface area contributed by atoms with Gasteiger partial charge in [-0.3, -0.25) is 0 Å². The number of pyridine rings is 1. The topological polar surface area (TPSA) is 81.3 Å². The van der Waals surface area contributed by atoms with E-state index in [1.807, 2.05) is 0 Å². The van der Waals surface area contributed by atoms with Crippen LogP contribution >= 0.6 is 0 Å². The van der Waals surface area contributed by atoms with Crippen LogP contribution in [0.15, 0.2) is 22.9 Å². The van der Waals surface area contributed by atoms with E-state index in [2.05, 4.69) is 15.1 Å². The largest absolute Gasteiger partial charge is 0.481 e. The van der Waals surface area contributed by atoms with Crippen molar-refractivity contribution in [3.63, 3.8) is 0 Å². The number of aliphatic hydroxyl groups excluding tert-OH is 1. The lowest BCUT2D eigenvalue weighted by Gasteiger charge is -1.97. The zero-order chi connectivity index (χ0) is 10.7. The highest BCUT2D eigenvalue weighted by Crippen LogP contribution is 2.16. The molecule has 6 heteroatoms. The predicted molar refractivity (Wildman–Crippen MR) is 50.0 cm³/mol. The zero-order valence-electron chi connectivity index (χ0n) is 8.04. The Morgan fingerprint density at radius 3 is 2.87 bits per heavy atom. The average Bonchev–Trinajstić information content (AvgIpc) is 2.78. The third-order valence-corrected chi connectivity index (χ3v) is 1.81. The van der Waals surface area contributed by atoms with Crippen molar-refractivity contribution < 1.29 is 14.4 Å². The smallest absolute Gasteiger partial charge is 0.252 e. The van der Waals surface area contributed by atoms with Gasteiger partial charge in [0.15, 0.2) is 0 Å². The lowest BCUT2D eigenvalue weighted by atomic mass is 10.3. The van der Waals surface area contributed by atoms with Crippen LogP contribution in [-0.4, -0.2) is 27.3 Å². The van der Waals surface area contributed by atoms with Gasteiger partial charge >= 0.3 is 0 Å². The maximum Gasteiger partial charge on any atom is 0.252 e. The van der Waals surface area contributed by atoms with Crippen LogP contribution in [0, 0.1) is 0 Å². The molecule has 0 saturated carbocycles. The summed E-state index contributed by atoms with van der Waals surface area (Å²) >= 11 is 0. The minimum absolute atomic E-state index is 0.181. The first-order valence-corrected chi connectivity index (χ1v) is 4.27. The Labute approximate surface area is 85.5 Å². The standard InChI is InChI=1S/C9H9N3O3/c1-14-7-3-2-6(4-10-7)9-11-8(5-13)15-12-9/h2-4,13H,5H2,1H3. The fourth-order valence-corrected chi connectivity index (χ4v) is 1.07. The summed E-state index contributed by atoms with van der Waals surface area (Å²) in [5.74, 6) is 1.10. The zero-order valence-corrected chi connectivity index (χ0v) is 8.04. The van der Waals surface area contributed by atoms with Crippen LogP contribution in [0.2, 0.25) is 0 Å². The van der Waals surface area contributed by atoms with Gasteiger partial charge in [-0.25, -0.2) is 4.98 Å². The molecule has 0 atom stereocenters. The minimum atomic E-state index is -0.267. The Bertz CT molecular complexity index is 438. The van der Waals surface area contributed by atoms with E-state index in [9.17, 15) is 0 Å². The Kier molecular flexibility index (Phi) is 2.59. The van der Waals surface area contributed by atoms with Crippen molar-refractivity contribution in [2.24, 2.45) is 0 Å². The molecule has 0 aliphatic rings. The molecule has 0 amide bonds. The highest BCUT2D eigenvalue weighted by Gasteiger charge is 2.07. The first-order chi connectivity index (χ1) is 7.33. The van der Waals surface area contributed by atoms with Gasteiger partial charge in [-0.15, -0.1) is 0 Å². The van der Waals surface area contributed by atoms with E-state index in [1.54, 1.807) is 25.4 Å². The molecule has 15 heavy (non-hydrogen) atoms. The molecule has 78 valence electrons. The van der Waals surface area contributed by atoms with E-state index in [0.717, 1.165) is 0 Å². The van der Waals surface area contributed by atoms with Crippen molar-refractivity contribution in [2.75, 3.05) is 7.11 Å². The highest BCUT2D eigenvalue weighted by molar-refractivity contribution is 5.52. The van der Waals surface area contributed by atoms with Crippen molar-refractivity contribution in [3.05, 3.63) is 24.2 Å². The van der Waals surface area contributed by atoms with Crippen LogP contribution in [0.5, 0.6) is 5.88 Å². The van der Waals surface area contributed by atoms with E-state index >= 15 is 0 Å². The summed E-state index contributed by atoms with van der Waals surface area (Å²) in [4.78, 5) is 7.95. The van der Waals surface area contributed by atoms with Crippen LogP contribution in [-0.2, 0) is 6.61 Å². The fraction of sp³-hybridized carbons (Fsp3) is 0.222. The summed E-state index contributed by atoms with van der Waals surface area (Å²) in [5, 5.41) is 12.4. The molecule has 2 rings (SSSR count). The Morgan fingerprint density at radius 1 is 1.47 bits per heavy atom. The molecular weight excluding hydrogens is 198 g/mol. The van der Waals surface area contributed by atoms with Crippen molar-refractivity contribution in [1.82, 2.24) is 15.1 Å². The van der Waals surface area contributed by atoms with E-state index < -0.39 is 0 Å². The normalized spacial score (nSPS) is 10.3. The summed E-state index contributed by atoms with van der Waals surface area (Å²) < 4.78 is 9.67. The average molecular weight is 207 g/mol. The third kappa shape index (κ3) is 1.94. The summed E-state index contributed by atoms with van der Waals surface area (Å²) in [7, 11) is 1.54. The minimum Gasteiger partial charge on any atom is -0.481 e.